The molecular formula is C17H13N3O. The SMILES string of the molecule is O=c1[nH]c2cccccc-2c1C1=Nc2ccncc2CC1. The van der Waals surface area contributed by atoms with Gasteiger partial charge in [-0.2, -0.15) is 0 Å². The molecule has 3 aliphatic rings. The second-order valence-corrected chi connectivity index (χ2v) is 5.13. The van der Waals surface area contributed by atoms with E-state index in [0.29, 0.717) is 5.56 Å². The lowest BCUT2D eigenvalue weighted by Crippen LogP contribution is -2.16. The Balaban J connectivity index is 1.92. The number of aromatic amines is 1. The summed E-state index contributed by atoms with van der Waals surface area (Å²) in [4.78, 5) is 24.0. The van der Waals surface area contributed by atoms with Crippen molar-refractivity contribution in [1.29, 1.82) is 0 Å². The van der Waals surface area contributed by atoms with E-state index < -0.39 is 0 Å². The highest BCUT2D eigenvalue weighted by Crippen LogP contribution is 2.29. The Hall–Kier alpha value is -2.75. The van der Waals surface area contributed by atoms with Crippen LogP contribution in [0, 0.1) is 0 Å². The number of hydrogen-bond acceptors (Lipinski definition) is 3. The van der Waals surface area contributed by atoms with Gasteiger partial charge in [-0.25, -0.2) is 0 Å². The van der Waals surface area contributed by atoms with Crippen LogP contribution in [-0.2, 0) is 6.42 Å². The lowest BCUT2D eigenvalue weighted by molar-refractivity contribution is 0.990. The van der Waals surface area contributed by atoms with Crippen LogP contribution in [-0.4, -0.2) is 15.7 Å². The molecule has 0 bridgehead atoms. The summed E-state index contributed by atoms with van der Waals surface area (Å²) >= 11 is 0. The molecule has 4 rings (SSSR count). The second-order valence-electron chi connectivity index (χ2n) is 5.13. The molecule has 0 saturated carbocycles. The van der Waals surface area contributed by atoms with Gasteiger partial charge in [-0.05, 0) is 30.5 Å². The molecule has 4 nitrogen and oxygen atoms in total. The molecule has 2 aliphatic heterocycles. The van der Waals surface area contributed by atoms with Crippen molar-refractivity contribution in [3.8, 4) is 11.3 Å². The molecule has 1 N–H and O–H groups in total. The topological polar surface area (TPSA) is 58.1 Å². The standard InChI is InChI=1S/C17H13N3O/c21-17-16(12-4-2-1-3-5-14(12)20-17)15-7-6-11-10-18-9-8-13(11)19-15/h1-5,8-10H,6-7H2,(H,20,21). The predicted octanol–water partition coefficient (Wildman–Crippen LogP) is 2.94. The molecule has 0 spiro atoms. The highest BCUT2D eigenvalue weighted by molar-refractivity contribution is 6.08. The van der Waals surface area contributed by atoms with Crippen LogP contribution < -0.4 is 5.56 Å². The Kier molecular flexibility index (Phi) is 2.67. The van der Waals surface area contributed by atoms with Crippen LogP contribution in [0.3, 0.4) is 0 Å². The zero-order valence-electron chi connectivity index (χ0n) is 11.3. The van der Waals surface area contributed by atoms with E-state index in [-0.39, 0.29) is 5.56 Å². The van der Waals surface area contributed by atoms with Crippen LogP contribution >= 0.6 is 0 Å². The van der Waals surface area contributed by atoms with Crippen molar-refractivity contribution in [3.05, 3.63) is 70.3 Å². The van der Waals surface area contributed by atoms with Crippen molar-refractivity contribution in [1.82, 2.24) is 9.97 Å². The number of pyridine rings is 1. The minimum Gasteiger partial charge on any atom is -0.321 e. The number of fused-ring (bicyclic) bond motifs is 2. The molecule has 21 heavy (non-hydrogen) atoms. The number of aliphatic imine (C=N–C) groups is 1. The quantitative estimate of drug-likeness (QED) is 0.742. The van der Waals surface area contributed by atoms with Crippen LogP contribution in [0.15, 0.2) is 58.6 Å². The summed E-state index contributed by atoms with van der Waals surface area (Å²) in [6.45, 7) is 0. The fraction of sp³-hybridized carbons (Fsp3) is 0.118. The molecular weight excluding hydrogens is 262 g/mol. The normalized spacial score (nSPS) is 13.8. The number of nitrogens with zero attached hydrogens (tertiary/aromatic N) is 2. The van der Waals surface area contributed by atoms with E-state index in [1.54, 1.807) is 6.20 Å². The summed E-state index contributed by atoms with van der Waals surface area (Å²) in [6, 6.07) is 11.6. The van der Waals surface area contributed by atoms with Crippen molar-refractivity contribution in [3.63, 3.8) is 0 Å². The van der Waals surface area contributed by atoms with E-state index >= 15 is 0 Å². The van der Waals surface area contributed by atoms with E-state index in [2.05, 4.69) is 15.0 Å². The predicted molar refractivity (Wildman–Crippen MR) is 82.4 cm³/mol. The molecule has 0 radical (unpaired) electrons. The maximum Gasteiger partial charge on any atom is 0.258 e. The van der Waals surface area contributed by atoms with Crippen LogP contribution in [0.4, 0.5) is 5.69 Å². The number of H-pyrrole nitrogens is 1. The number of hydrogen-bond donors (Lipinski definition) is 1. The van der Waals surface area contributed by atoms with Gasteiger partial charge in [0.25, 0.3) is 5.56 Å². The molecule has 0 unspecified atom stereocenters. The summed E-state index contributed by atoms with van der Waals surface area (Å²) in [5, 5.41) is 0. The summed E-state index contributed by atoms with van der Waals surface area (Å²) in [5.74, 6) is 0. The molecule has 1 aromatic heterocycles. The number of aromatic nitrogens is 2. The third-order valence-corrected chi connectivity index (χ3v) is 3.84. The van der Waals surface area contributed by atoms with Crippen LogP contribution in [0.2, 0.25) is 0 Å². The van der Waals surface area contributed by atoms with Gasteiger partial charge in [0.05, 0.1) is 17.0 Å². The lowest BCUT2D eigenvalue weighted by atomic mass is 9.97. The van der Waals surface area contributed by atoms with Crippen molar-refractivity contribution in [2.24, 2.45) is 4.99 Å². The Labute approximate surface area is 121 Å². The third kappa shape index (κ3) is 1.96. The zero-order valence-corrected chi connectivity index (χ0v) is 11.3. The Bertz CT molecular complexity index is 879. The molecule has 102 valence electrons. The zero-order chi connectivity index (χ0) is 14.2. The van der Waals surface area contributed by atoms with Crippen LogP contribution in [0.5, 0.6) is 0 Å². The average Bonchev–Trinajstić information content (AvgIpc) is 2.68. The molecule has 4 heteroatoms. The largest absolute Gasteiger partial charge is 0.321 e. The van der Waals surface area contributed by atoms with Crippen molar-refractivity contribution in [2.75, 3.05) is 0 Å². The van der Waals surface area contributed by atoms with E-state index in [9.17, 15) is 4.79 Å². The Morgan fingerprint density at radius 3 is 2.90 bits per heavy atom. The maximum atomic E-state index is 12.3. The van der Waals surface area contributed by atoms with Gasteiger partial charge in [-0.3, -0.25) is 14.8 Å². The van der Waals surface area contributed by atoms with E-state index in [1.807, 2.05) is 42.6 Å². The fourth-order valence-corrected chi connectivity index (χ4v) is 2.82. The molecule has 1 aliphatic carbocycles. The highest BCUT2D eigenvalue weighted by atomic mass is 16.1. The smallest absolute Gasteiger partial charge is 0.258 e. The van der Waals surface area contributed by atoms with E-state index in [0.717, 1.165) is 41.1 Å². The van der Waals surface area contributed by atoms with Gasteiger partial charge >= 0.3 is 0 Å². The van der Waals surface area contributed by atoms with Crippen LogP contribution in [0.25, 0.3) is 11.3 Å². The van der Waals surface area contributed by atoms with Gasteiger partial charge in [0.1, 0.15) is 0 Å². The summed E-state index contributed by atoms with van der Waals surface area (Å²) < 4.78 is 0. The third-order valence-electron chi connectivity index (χ3n) is 3.84. The van der Waals surface area contributed by atoms with Crippen molar-refractivity contribution in [2.45, 2.75) is 12.8 Å². The van der Waals surface area contributed by atoms with Gasteiger partial charge in [-0.15, -0.1) is 0 Å². The first-order chi connectivity index (χ1) is 10.3. The van der Waals surface area contributed by atoms with Gasteiger partial charge in [0, 0.05) is 23.7 Å². The first-order valence-corrected chi connectivity index (χ1v) is 6.95. The number of aryl methyl sites for hydroxylation is 1. The first-order valence-electron chi connectivity index (χ1n) is 6.95. The Morgan fingerprint density at radius 2 is 1.95 bits per heavy atom. The summed E-state index contributed by atoms with van der Waals surface area (Å²) in [5.41, 5.74) is 5.33. The number of rotatable bonds is 1. The second kappa shape index (κ2) is 4.66. The number of nitrogens with one attached hydrogen (secondary N) is 1. The van der Waals surface area contributed by atoms with Crippen molar-refractivity contribution >= 4 is 11.4 Å². The minimum atomic E-state index is -0.0625. The monoisotopic (exact) mass is 275 g/mol. The molecule has 0 atom stereocenters. The van der Waals surface area contributed by atoms with E-state index in [4.69, 9.17) is 0 Å². The van der Waals surface area contributed by atoms with E-state index in [1.165, 1.54) is 0 Å². The van der Waals surface area contributed by atoms with Gasteiger partial charge in [-0.1, -0.05) is 24.3 Å². The van der Waals surface area contributed by atoms with Gasteiger partial charge in [0.2, 0.25) is 0 Å². The minimum absolute atomic E-state index is 0.0625. The molecule has 0 saturated heterocycles. The van der Waals surface area contributed by atoms with Crippen LogP contribution in [0.1, 0.15) is 17.5 Å². The molecule has 1 aromatic rings. The summed E-state index contributed by atoms with van der Waals surface area (Å²) in [6.07, 6.45) is 5.22. The Morgan fingerprint density at radius 1 is 1.05 bits per heavy atom. The maximum absolute atomic E-state index is 12.3. The summed E-state index contributed by atoms with van der Waals surface area (Å²) in [7, 11) is 0. The van der Waals surface area contributed by atoms with Gasteiger partial charge < -0.3 is 4.98 Å². The molecule has 0 amide bonds. The average molecular weight is 275 g/mol. The molecule has 3 heterocycles. The molecule has 0 fully saturated rings. The first kappa shape index (κ1) is 12.0. The van der Waals surface area contributed by atoms with Gasteiger partial charge in [0.15, 0.2) is 0 Å². The molecule has 0 aromatic carbocycles. The van der Waals surface area contributed by atoms with Crippen molar-refractivity contribution < 1.29 is 0 Å². The fourth-order valence-electron chi connectivity index (χ4n) is 2.82. The lowest BCUT2D eigenvalue weighted by Gasteiger charge is -2.14. The highest BCUT2D eigenvalue weighted by Gasteiger charge is 2.21.